The smallest absolute Gasteiger partial charge is 0.228 e. The van der Waals surface area contributed by atoms with Crippen molar-refractivity contribution < 1.29 is 9.47 Å². The molecule has 0 amide bonds. The second kappa shape index (κ2) is 6.92. The molecule has 29 heavy (non-hydrogen) atoms. The van der Waals surface area contributed by atoms with Gasteiger partial charge < -0.3 is 20.1 Å². The normalized spacial score (nSPS) is 16.9. The van der Waals surface area contributed by atoms with E-state index in [9.17, 15) is 5.26 Å². The van der Waals surface area contributed by atoms with Crippen molar-refractivity contribution in [3.8, 4) is 17.7 Å². The van der Waals surface area contributed by atoms with Crippen molar-refractivity contribution in [3.05, 3.63) is 53.1 Å². The van der Waals surface area contributed by atoms with Crippen LogP contribution in [0.5, 0.6) is 11.6 Å². The number of ether oxygens (including phenoxy) is 2. The Morgan fingerprint density at radius 3 is 3.00 bits per heavy atom. The largest absolute Gasteiger partial charge is 0.438 e. The number of nitrogens with zero attached hydrogens (tertiary/aromatic N) is 3. The Bertz CT molecular complexity index is 1150. The lowest BCUT2D eigenvalue weighted by molar-refractivity contribution is 0.166. The number of hydrogen-bond acceptors (Lipinski definition) is 7. The molecule has 0 spiro atoms. The third-order valence-corrected chi connectivity index (χ3v) is 5.49. The molecular formula is C22H21N5O2. The van der Waals surface area contributed by atoms with Crippen LogP contribution in [0.3, 0.4) is 0 Å². The van der Waals surface area contributed by atoms with Crippen molar-refractivity contribution in [2.24, 2.45) is 0 Å². The first-order valence-electron chi connectivity index (χ1n) is 9.66. The molecule has 0 fully saturated rings. The standard InChI is InChI=1S/C22H21N5O2/c1-3-28-12-25-21-15(10-23)19-18-20(27(2)11-24-19)17-14-7-5-4-6-13(14)8-9-16(17)29-22(18)26-21/h4-9,20,24H,3,11-12H2,1-2H3,(H,25,26). The van der Waals surface area contributed by atoms with E-state index >= 15 is 0 Å². The molecular weight excluding hydrogens is 366 g/mol. The number of pyridine rings is 1. The van der Waals surface area contributed by atoms with E-state index in [0.29, 0.717) is 30.5 Å². The van der Waals surface area contributed by atoms with Gasteiger partial charge >= 0.3 is 0 Å². The highest BCUT2D eigenvalue weighted by Crippen LogP contribution is 2.52. The summed E-state index contributed by atoms with van der Waals surface area (Å²) >= 11 is 0. The number of hydrogen-bond donors (Lipinski definition) is 2. The first-order chi connectivity index (χ1) is 14.2. The van der Waals surface area contributed by atoms with Crippen LogP contribution in [0.4, 0.5) is 11.5 Å². The van der Waals surface area contributed by atoms with E-state index in [-0.39, 0.29) is 12.8 Å². The number of anilines is 2. The molecule has 0 saturated carbocycles. The Balaban J connectivity index is 1.73. The van der Waals surface area contributed by atoms with Crippen molar-refractivity contribution >= 4 is 22.3 Å². The topological polar surface area (TPSA) is 82.4 Å². The van der Waals surface area contributed by atoms with Gasteiger partial charge in [0.2, 0.25) is 5.88 Å². The van der Waals surface area contributed by atoms with E-state index in [0.717, 1.165) is 33.3 Å². The summed E-state index contributed by atoms with van der Waals surface area (Å²) in [5.41, 5.74) is 3.27. The van der Waals surface area contributed by atoms with Gasteiger partial charge in [-0.15, -0.1) is 0 Å². The van der Waals surface area contributed by atoms with Crippen LogP contribution in [-0.2, 0) is 4.74 Å². The molecule has 7 heteroatoms. The Labute approximate surface area is 168 Å². The van der Waals surface area contributed by atoms with E-state index < -0.39 is 0 Å². The second-order valence-corrected chi connectivity index (χ2v) is 7.15. The molecule has 0 bridgehead atoms. The summed E-state index contributed by atoms with van der Waals surface area (Å²) in [6, 6.07) is 14.6. The summed E-state index contributed by atoms with van der Waals surface area (Å²) in [4.78, 5) is 6.88. The van der Waals surface area contributed by atoms with Gasteiger partial charge in [-0.1, -0.05) is 30.3 Å². The summed E-state index contributed by atoms with van der Waals surface area (Å²) in [6.45, 7) is 3.39. The summed E-state index contributed by atoms with van der Waals surface area (Å²) < 4.78 is 11.6. The Hall–Kier alpha value is -3.34. The third kappa shape index (κ3) is 2.69. The maximum atomic E-state index is 9.87. The van der Waals surface area contributed by atoms with Gasteiger partial charge in [0.05, 0.1) is 24.0 Å². The molecule has 2 aliphatic heterocycles. The molecule has 7 nitrogen and oxygen atoms in total. The lowest BCUT2D eigenvalue weighted by Gasteiger charge is -2.40. The summed E-state index contributed by atoms with van der Waals surface area (Å²) in [6.07, 6.45) is 0. The lowest BCUT2D eigenvalue weighted by Crippen LogP contribution is -2.38. The van der Waals surface area contributed by atoms with Crippen LogP contribution < -0.4 is 15.4 Å². The third-order valence-electron chi connectivity index (χ3n) is 5.49. The van der Waals surface area contributed by atoms with Crippen LogP contribution in [0.15, 0.2) is 36.4 Å². The van der Waals surface area contributed by atoms with Crippen LogP contribution in [0.1, 0.15) is 29.7 Å². The zero-order valence-corrected chi connectivity index (χ0v) is 16.3. The van der Waals surface area contributed by atoms with Crippen molar-refractivity contribution in [2.75, 3.05) is 37.7 Å². The van der Waals surface area contributed by atoms with Gasteiger partial charge in [-0.25, -0.2) is 0 Å². The van der Waals surface area contributed by atoms with E-state index in [1.807, 2.05) is 25.1 Å². The van der Waals surface area contributed by atoms with E-state index in [1.165, 1.54) is 0 Å². The zero-order chi connectivity index (χ0) is 20.0. The number of aromatic nitrogens is 1. The van der Waals surface area contributed by atoms with Crippen LogP contribution in [0.25, 0.3) is 10.8 Å². The van der Waals surface area contributed by atoms with Crippen LogP contribution in [0.2, 0.25) is 0 Å². The monoisotopic (exact) mass is 387 g/mol. The fraction of sp³-hybridized carbons (Fsp3) is 0.273. The predicted molar refractivity (Wildman–Crippen MR) is 111 cm³/mol. The first-order valence-corrected chi connectivity index (χ1v) is 9.66. The summed E-state index contributed by atoms with van der Waals surface area (Å²) in [5, 5.41) is 18.7. The molecule has 2 aliphatic rings. The minimum atomic E-state index is -0.0448. The fourth-order valence-corrected chi connectivity index (χ4v) is 4.18. The Kier molecular flexibility index (Phi) is 4.23. The minimum Gasteiger partial charge on any atom is -0.438 e. The lowest BCUT2D eigenvalue weighted by atomic mass is 9.88. The summed E-state index contributed by atoms with van der Waals surface area (Å²) in [5.74, 6) is 1.79. The molecule has 1 unspecified atom stereocenters. The molecule has 0 saturated heterocycles. The zero-order valence-electron chi connectivity index (χ0n) is 16.3. The van der Waals surface area contributed by atoms with Gasteiger partial charge in [0.25, 0.3) is 0 Å². The highest BCUT2D eigenvalue weighted by Gasteiger charge is 2.39. The average molecular weight is 387 g/mol. The molecule has 1 aromatic heterocycles. The molecule has 2 aromatic carbocycles. The predicted octanol–water partition coefficient (Wildman–Crippen LogP) is 4.02. The van der Waals surface area contributed by atoms with E-state index in [4.69, 9.17) is 9.47 Å². The maximum absolute atomic E-state index is 9.87. The molecule has 0 aliphatic carbocycles. The molecule has 1 atom stereocenters. The summed E-state index contributed by atoms with van der Waals surface area (Å²) in [7, 11) is 2.06. The highest BCUT2D eigenvalue weighted by atomic mass is 16.5. The van der Waals surface area contributed by atoms with Gasteiger partial charge in [0, 0.05) is 12.2 Å². The van der Waals surface area contributed by atoms with E-state index in [2.05, 4.69) is 51.8 Å². The second-order valence-electron chi connectivity index (χ2n) is 7.15. The number of benzene rings is 2. The number of nitriles is 1. The molecule has 2 N–H and O–H groups in total. The highest BCUT2D eigenvalue weighted by molar-refractivity contribution is 5.90. The fourth-order valence-electron chi connectivity index (χ4n) is 4.18. The van der Waals surface area contributed by atoms with Gasteiger partial charge in [-0.05, 0) is 30.8 Å². The van der Waals surface area contributed by atoms with Gasteiger partial charge in [-0.2, -0.15) is 10.2 Å². The average Bonchev–Trinajstić information content (AvgIpc) is 2.75. The molecule has 146 valence electrons. The molecule has 3 aromatic rings. The number of fused-ring (bicyclic) bond motifs is 4. The molecule has 3 heterocycles. The molecule has 5 rings (SSSR count). The van der Waals surface area contributed by atoms with Crippen molar-refractivity contribution in [1.29, 1.82) is 5.26 Å². The van der Waals surface area contributed by atoms with Crippen molar-refractivity contribution in [3.63, 3.8) is 0 Å². The SMILES string of the molecule is CCOCNc1nc2c3c(c1C#N)NCN(C)C3c1c(ccc3ccccc13)O2. The van der Waals surface area contributed by atoms with Crippen LogP contribution in [0, 0.1) is 11.3 Å². The van der Waals surface area contributed by atoms with Crippen molar-refractivity contribution in [2.45, 2.75) is 13.0 Å². The minimum absolute atomic E-state index is 0.0448. The Morgan fingerprint density at radius 1 is 1.31 bits per heavy atom. The van der Waals surface area contributed by atoms with E-state index in [1.54, 1.807) is 0 Å². The quantitative estimate of drug-likeness (QED) is 0.517. The Morgan fingerprint density at radius 2 is 2.17 bits per heavy atom. The number of nitrogens with one attached hydrogen (secondary N) is 2. The van der Waals surface area contributed by atoms with Crippen LogP contribution >= 0.6 is 0 Å². The van der Waals surface area contributed by atoms with Crippen LogP contribution in [-0.4, -0.2) is 36.9 Å². The van der Waals surface area contributed by atoms with Crippen molar-refractivity contribution in [1.82, 2.24) is 9.88 Å². The van der Waals surface area contributed by atoms with Gasteiger partial charge in [-0.3, -0.25) is 4.90 Å². The van der Waals surface area contributed by atoms with Gasteiger partial charge in [0.1, 0.15) is 24.1 Å². The first kappa shape index (κ1) is 17.7. The molecule has 0 radical (unpaired) electrons. The number of rotatable bonds is 4. The van der Waals surface area contributed by atoms with Gasteiger partial charge in [0.15, 0.2) is 5.82 Å². The maximum Gasteiger partial charge on any atom is 0.228 e.